The Morgan fingerprint density at radius 1 is 1.14 bits per heavy atom. The molecule has 0 aromatic carbocycles. The van der Waals surface area contributed by atoms with E-state index in [1.807, 2.05) is 6.08 Å². The van der Waals surface area contributed by atoms with Crippen LogP contribution in [-0.4, -0.2) is 40.4 Å². The van der Waals surface area contributed by atoms with Gasteiger partial charge in [-0.3, -0.25) is 9.98 Å². The number of rotatable bonds is 6. The van der Waals surface area contributed by atoms with Crippen molar-refractivity contribution in [3.05, 3.63) is 82.8 Å². The molecule has 0 amide bonds. The molecule has 1 saturated heterocycles. The molecular formula is C25H22ClF5N4O2. The van der Waals surface area contributed by atoms with Crippen LogP contribution in [0.15, 0.2) is 59.3 Å². The summed E-state index contributed by atoms with van der Waals surface area (Å²) in [6.45, 7) is 1.49. The molecule has 0 saturated carbocycles. The molecule has 0 bridgehead atoms. The molecule has 0 radical (unpaired) electrons. The topological polar surface area (TPSA) is 78.5 Å². The van der Waals surface area contributed by atoms with E-state index in [2.05, 4.69) is 20.3 Å². The van der Waals surface area contributed by atoms with Gasteiger partial charge in [0.05, 0.1) is 24.4 Å². The van der Waals surface area contributed by atoms with Gasteiger partial charge in [0.2, 0.25) is 5.95 Å². The largest absolute Gasteiger partial charge is 0.493 e. The van der Waals surface area contributed by atoms with Gasteiger partial charge in [-0.05, 0) is 49.6 Å². The maximum atomic E-state index is 14.4. The van der Waals surface area contributed by atoms with Crippen LogP contribution >= 0.6 is 11.6 Å². The van der Waals surface area contributed by atoms with Crippen molar-refractivity contribution in [1.82, 2.24) is 15.3 Å². The van der Waals surface area contributed by atoms with Crippen molar-refractivity contribution in [2.45, 2.75) is 43.2 Å². The van der Waals surface area contributed by atoms with Crippen molar-refractivity contribution in [3.8, 4) is 0 Å². The van der Waals surface area contributed by atoms with E-state index in [4.69, 9.17) is 21.1 Å². The van der Waals surface area contributed by atoms with E-state index in [1.54, 1.807) is 12.1 Å². The molecule has 4 heterocycles. The molecule has 2 aromatic heterocycles. The van der Waals surface area contributed by atoms with Crippen LogP contribution in [0.1, 0.15) is 36.3 Å². The molecule has 3 aliphatic rings. The fourth-order valence-corrected chi connectivity index (χ4v) is 5.29. The maximum Gasteiger partial charge on any atom is 0.417 e. The van der Waals surface area contributed by atoms with Gasteiger partial charge in [-0.2, -0.15) is 17.6 Å². The first-order valence-electron chi connectivity index (χ1n) is 11.5. The molecule has 0 spiro atoms. The maximum absolute atomic E-state index is 14.4. The molecule has 6 atom stereocenters. The summed E-state index contributed by atoms with van der Waals surface area (Å²) < 4.78 is 77.4. The van der Waals surface area contributed by atoms with Crippen molar-refractivity contribution in [1.29, 1.82) is 0 Å². The number of aliphatic imine (C=N–C) groups is 1. The van der Waals surface area contributed by atoms with Crippen molar-refractivity contribution in [3.63, 3.8) is 0 Å². The third kappa shape index (κ3) is 5.06. The zero-order chi connectivity index (χ0) is 26.5. The Hall–Kier alpha value is -3.05. The summed E-state index contributed by atoms with van der Waals surface area (Å²) in [4.78, 5) is 12.0. The van der Waals surface area contributed by atoms with E-state index in [1.165, 1.54) is 26.3 Å². The van der Waals surface area contributed by atoms with Gasteiger partial charge in [-0.25, -0.2) is 9.37 Å². The molecule has 5 unspecified atom stereocenters. The predicted octanol–water partition coefficient (Wildman–Crippen LogP) is 5.31. The summed E-state index contributed by atoms with van der Waals surface area (Å²) in [5.74, 6) is -1.08. The van der Waals surface area contributed by atoms with Crippen LogP contribution in [0.25, 0.3) is 0 Å². The molecule has 2 aliphatic heterocycles. The van der Waals surface area contributed by atoms with Crippen LogP contribution in [-0.2, 0) is 15.7 Å². The number of ether oxygens (including phenoxy) is 2. The fraction of sp³-hybridized carbons (Fsp3) is 0.400. The highest BCUT2D eigenvalue weighted by molar-refractivity contribution is 6.23. The van der Waals surface area contributed by atoms with Crippen LogP contribution in [0.3, 0.4) is 0 Å². The Labute approximate surface area is 214 Å². The summed E-state index contributed by atoms with van der Waals surface area (Å²) in [7, 11) is 1.46. The average Bonchev–Trinajstić information content (AvgIpc) is 3.64. The molecule has 196 valence electrons. The van der Waals surface area contributed by atoms with E-state index >= 15 is 0 Å². The Morgan fingerprint density at radius 3 is 2.57 bits per heavy atom. The van der Waals surface area contributed by atoms with Gasteiger partial charge < -0.3 is 14.8 Å². The molecule has 1 fully saturated rings. The molecule has 1 aliphatic carbocycles. The SMILES string of the molecule is COC1=CC(C2C(Cl)N=C(c3ccc(F)nc3)C3N[C@H]32)CC=C1OC(C)c1ncc(C(F)(F)F)cc1F. The highest BCUT2D eigenvalue weighted by Crippen LogP contribution is 2.43. The van der Waals surface area contributed by atoms with Gasteiger partial charge in [0.25, 0.3) is 0 Å². The first-order valence-corrected chi connectivity index (χ1v) is 12.0. The zero-order valence-corrected chi connectivity index (χ0v) is 20.4. The lowest BCUT2D eigenvalue weighted by atomic mass is 9.80. The van der Waals surface area contributed by atoms with E-state index in [9.17, 15) is 22.0 Å². The first-order chi connectivity index (χ1) is 17.6. The van der Waals surface area contributed by atoms with Crippen LogP contribution in [0.2, 0.25) is 0 Å². The minimum absolute atomic E-state index is 0.0259. The summed E-state index contributed by atoms with van der Waals surface area (Å²) in [6, 6.07) is 3.33. The normalized spacial score (nSPS) is 27.9. The third-order valence-corrected chi connectivity index (χ3v) is 7.11. The van der Waals surface area contributed by atoms with Crippen LogP contribution in [0.4, 0.5) is 22.0 Å². The van der Waals surface area contributed by atoms with Gasteiger partial charge in [0, 0.05) is 29.9 Å². The smallest absolute Gasteiger partial charge is 0.417 e. The van der Waals surface area contributed by atoms with E-state index < -0.39 is 35.1 Å². The number of fused-ring (bicyclic) bond motifs is 1. The van der Waals surface area contributed by atoms with E-state index in [0.717, 1.165) is 5.71 Å². The lowest BCUT2D eigenvalue weighted by Crippen LogP contribution is -2.36. The quantitative estimate of drug-likeness (QED) is 0.177. The van der Waals surface area contributed by atoms with Gasteiger partial charge in [-0.1, -0.05) is 11.6 Å². The predicted molar refractivity (Wildman–Crippen MR) is 125 cm³/mol. The van der Waals surface area contributed by atoms with Gasteiger partial charge in [0.15, 0.2) is 11.5 Å². The van der Waals surface area contributed by atoms with E-state index in [-0.39, 0.29) is 29.6 Å². The molecule has 12 heteroatoms. The number of hydrogen-bond acceptors (Lipinski definition) is 6. The van der Waals surface area contributed by atoms with Gasteiger partial charge in [-0.15, -0.1) is 0 Å². The first kappa shape index (κ1) is 25.6. The number of aromatic nitrogens is 2. The van der Waals surface area contributed by atoms with Crippen LogP contribution in [0, 0.1) is 23.6 Å². The second kappa shape index (κ2) is 9.68. The molecule has 1 N–H and O–H groups in total. The highest BCUT2D eigenvalue weighted by atomic mass is 35.5. The Morgan fingerprint density at radius 2 is 1.92 bits per heavy atom. The highest BCUT2D eigenvalue weighted by Gasteiger charge is 2.54. The molecular weight excluding hydrogens is 519 g/mol. The number of pyridine rings is 2. The lowest BCUT2D eigenvalue weighted by molar-refractivity contribution is -0.138. The molecule has 37 heavy (non-hydrogen) atoms. The fourth-order valence-electron chi connectivity index (χ4n) is 4.84. The summed E-state index contributed by atoms with van der Waals surface area (Å²) in [5.41, 5.74) is -0.539. The van der Waals surface area contributed by atoms with Gasteiger partial charge >= 0.3 is 6.18 Å². The third-order valence-electron chi connectivity index (χ3n) is 6.72. The molecule has 5 rings (SSSR count). The Balaban J connectivity index is 1.30. The Kier molecular flexibility index (Phi) is 6.70. The number of alkyl halides is 4. The number of allylic oxidation sites excluding steroid dienone is 2. The monoisotopic (exact) mass is 540 g/mol. The minimum Gasteiger partial charge on any atom is -0.493 e. The molecule has 6 nitrogen and oxygen atoms in total. The number of nitrogens with one attached hydrogen (secondary N) is 1. The summed E-state index contributed by atoms with van der Waals surface area (Å²) in [5, 5.41) is 3.40. The summed E-state index contributed by atoms with van der Waals surface area (Å²) >= 11 is 6.69. The lowest BCUT2D eigenvalue weighted by Gasteiger charge is -2.32. The number of halogens is 6. The minimum atomic E-state index is -4.70. The second-order valence-corrected chi connectivity index (χ2v) is 9.50. The number of hydrogen-bond donors (Lipinski definition) is 1. The van der Waals surface area contributed by atoms with E-state index in [0.29, 0.717) is 35.8 Å². The van der Waals surface area contributed by atoms with Crippen LogP contribution in [0.5, 0.6) is 0 Å². The number of methoxy groups -OCH3 is 1. The average molecular weight is 541 g/mol. The zero-order valence-electron chi connectivity index (χ0n) is 19.6. The van der Waals surface area contributed by atoms with Gasteiger partial charge in [0.1, 0.15) is 23.1 Å². The van der Waals surface area contributed by atoms with Crippen molar-refractivity contribution < 1.29 is 31.4 Å². The van der Waals surface area contributed by atoms with Crippen molar-refractivity contribution in [2.75, 3.05) is 7.11 Å². The standard InChI is InChI=1S/C25H22ClF5N4O2/c1-11(20-15(27)8-14(10-33-20)25(29,30)31)37-16-5-3-12(7-17(16)36-2)19-22-23(34-22)21(35-24(19)26)13-4-6-18(28)32-9-13/h4-12,19,22-24,34H,3H2,1-2H3/t11?,12?,19?,22-,23?,24?/m0/s1. The van der Waals surface area contributed by atoms with Crippen molar-refractivity contribution >= 4 is 17.3 Å². The number of nitrogens with zero attached hydrogens (tertiary/aromatic N) is 3. The summed E-state index contributed by atoms with van der Waals surface area (Å²) in [6.07, 6.45) is 0.529. The second-order valence-electron chi connectivity index (χ2n) is 9.06. The Bertz CT molecular complexity index is 1280. The van der Waals surface area contributed by atoms with Crippen molar-refractivity contribution in [2.24, 2.45) is 16.8 Å². The van der Waals surface area contributed by atoms with Crippen LogP contribution < -0.4 is 5.32 Å². The molecule has 2 aromatic rings.